The zero-order valence-electron chi connectivity index (χ0n) is 9.88. The van der Waals surface area contributed by atoms with Crippen LogP contribution in [0.15, 0.2) is 42.5 Å². The Morgan fingerprint density at radius 1 is 1.26 bits per heavy atom. The predicted octanol–water partition coefficient (Wildman–Crippen LogP) is 2.98. The van der Waals surface area contributed by atoms with Crippen molar-refractivity contribution in [3.8, 4) is 11.5 Å². The van der Waals surface area contributed by atoms with Crippen LogP contribution in [0.2, 0.25) is 0 Å². The van der Waals surface area contributed by atoms with Crippen LogP contribution in [-0.4, -0.2) is 4.92 Å². The SMILES string of the molecule is NCc1c(F)cccc1Oc1cccc([N+](=O)[O-])c1. The molecule has 0 saturated carbocycles. The van der Waals surface area contributed by atoms with Crippen LogP contribution in [0.5, 0.6) is 11.5 Å². The second-order valence-electron chi connectivity index (χ2n) is 3.78. The number of halogens is 1. The van der Waals surface area contributed by atoms with Gasteiger partial charge in [-0.2, -0.15) is 0 Å². The van der Waals surface area contributed by atoms with Gasteiger partial charge in [0.05, 0.1) is 11.0 Å². The second-order valence-corrected chi connectivity index (χ2v) is 3.78. The number of nitro groups is 1. The Kier molecular flexibility index (Phi) is 3.72. The van der Waals surface area contributed by atoms with Crippen molar-refractivity contribution in [1.29, 1.82) is 0 Å². The van der Waals surface area contributed by atoms with Crippen LogP contribution in [0.4, 0.5) is 10.1 Å². The van der Waals surface area contributed by atoms with Crippen LogP contribution in [0, 0.1) is 15.9 Å². The standard InChI is InChI=1S/C13H11FN2O3/c14-12-5-2-6-13(11(12)8-15)19-10-4-1-3-9(7-10)16(17)18/h1-7H,8,15H2. The van der Waals surface area contributed by atoms with Gasteiger partial charge in [0.15, 0.2) is 0 Å². The highest BCUT2D eigenvalue weighted by Crippen LogP contribution is 2.28. The van der Waals surface area contributed by atoms with Crippen LogP contribution < -0.4 is 10.5 Å². The molecule has 0 unspecified atom stereocenters. The molecule has 2 rings (SSSR count). The molecule has 2 aromatic carbocycles. The van der Waals surface area contributed by atoms with Crippen LogP contribution >= 0.6 is 0 Å². The summed E-state index contributed by atoms with van der Waals surface area (Å²) >= 11 is 0. The van der Waals surface area contributed by atoms with Crippen LogP contribution in [-0.2, 0) is 6.54 Å². The fraction of sp³-hybridized carbons (Fsp3) is 0.0769. The number of ether oxygens (including phenoxy) is 1. The fourth-order valence-electron chi connectivity index (χ4n) is 1.62. The molecular formula is C13H11FN2O3. The van der Waals surface area contributed by atoms with Gasteiger partial charge in [0.1, 0.15) is 17.3 Å². The Labute approximate surface area is 108 Å². The summed E-state index contributed by atoms with van der Waals surface area (Å²) < 4.78 is 18.9. The summed E-state index contributed by atoms with van der Waals surface area (Å²) in [6.07, 6.45) is 0. The first-order chi connectivity index (χ1) is 9.11. The van der Waals surface area contributed by atoms with E-state index in [0.717, 1.165) is 0 Å². The van der Waals surface area contributed by atoms with E-state index in [9.17, 15) is 14.5 Å². The number of benzene rings is 2. The van der Waals surface area contributed by atoms with Gasteiger partial charge in [-0.05, 0) is 18.2 Å². The summed E-state index contributed by atoms with van der Waals surface area (Å²) in [7, 11) is 0. The summed E-state index contributed by atoms with van der Waals surface area (Å²) in [5.74, 6) is 0.0444. The van der Waals surface area contributed by atoms with Crippen molar-refractivity contribution in [3.05, 3.63) is 64.0 Å². The maximum Gasteiger partial charge on any atom is 0.273 e. The molecule has 5 nitrogen and oxygen atoms in total. The Balaban J connectivity index is 2.33. The second kappa shape index (κ2) is 5.45. The molecule has 2 N–H and O–H groups in total. The van der Waals surface area contributed by atoms with E-state index in [4.69, 9.17) is 10.5 Å². The normalized spacial score (nSPS) is 10.2. The van der Waals surface area contributed by atoms with E-state index in [1.807, 2.05) is 0 Å². The molecule has 0 aliphatic rings. The zero-order valence-corrected chi connectivity index (χ0v) is 9.88. The van der Waals surface area contributed by atoms with Crippen molar-refractivity contribution in [3.63, 3.8) is 0 Å². The van der Waals surface area contributed by atoms with E-state index in [1.54, 1.807) is 12.1 Å². The van der Waals surface area contributed by atoms with Gasteiger partial charge in [0.2, 0.25) is 0 Å². The smallest absolute Gasteiger partial charge is 0.273 e. The largest absolute Gasteiger partial charge is 0.457 e. The number of hydrogen-bond acceptors (Lipinski definition) is 4. The van der Waals surface area contributed by atoms with Gasteiger partial charge in [-0.3, -0.25) is 10.1 Å². The summed E-state index contributed by atoms with van der Waals surface area (Å²) in [5, 5.41) is 10.7. The van der Waals surface area contributed by atoms with E-state index >= 15 is 0 Å². The minimum absolute atomic E-state index is 0.0169. The third kappa shape index (κ3) is 2.86. The molecule has 0 spiro atoms. The number of nitrogens with two attached hydrogens (primary N) is 1. The van der Waals surface area contributed by atoms with Crippen LogP contribution in [0.25, 0.3) is 0 Å². The fourth-order valence-corrected chi connectivity index (χ4v) is 1.62. The summed E-state index contributed by atoms with van der Waals surface area (Å²) in [4.78, 5) is 10.1. The maximum atomic E-state index is 13.5. The highest BCUT2D eigenvalue weighted by molar-refractivity contribution is 5.43. The van der Waals surface area contributed by atoms with Crippen molar-refractivity contribution >= 4 is 5.69 Å². The molecular weight excluding hydrogens is 251 g/mol. The predicted molar refractivity (Wildman–Crippen MR) is 67.5 cm³/mol. The number of rotatable bonds is 4. The summed E-state index contributed by atoms with van der Waals surface area (Å²) in [6, 6.07) is 9.99. The number of non-ortho nitro benzene ring substituents is 1. The number of nitrogens with zero attached hydrogens (tertiary/aromatic N) is 1. The van der Waals surface area contributed by atoms with Gasteiger partial charge in [-0.15, -0.1) is 0 Å². The maximum absolute atomic E-state index is 13.5. The lowest BCUT2D eigenvalue weighted by Crippen LogP contribution is -2.02. The van der Waals surface area contributed by atoms with Crippen LogP contribution in [0.3, 0.4) is 0 Å². The molecule has 0 amide bonds. The monoisotopic (exact) mass is 262 g/mol. The van der Waals surface area contributed by atoms with E-state index in [1.165, 1.54) is 30.3 Å². The quantitative estimate of drug-likeness (QED) is 0.678. The average Bonchev–Trinajstić information content (AvgIpc) is 2.39. The zero-order chi connectivity index (χ0) is 13.8. The van der Waals surface area contributed by atoms with Gasteiger partial charge < -0.3 is 10.5 Å². The van der Waals surface area contributed by atoms with E-state index < -0.39 is 10.7 Å². The van der Waals surface area contributed by atoms with Gasteiger partial charge in [0, 0.05) is 18.2 Å². The Morgan fingerprint density at radius 3 is 2.68 bits per heavy atom. The number of hydrogen-bond donors (Lipinski definition) is 1. The van der Waals surface area contributed by atoms with E-state index in [-0.39, 0.29) is 29.3 Å². The molecule has 0 atom stereocenters. The highest BCUT2D eigenvalue weighted by Gasteiger charge is 2.11. The van der Waals surface area contributed by atoms with Crippen molar-refractivity contribution in [2.75, 3.05) is 0 Å². The first-order valence-electron chi connectivity index (χ1n) is 5.51. The highest BCUT2D eigenvalue weighted by atomic mass is 19.1. The van der Waals surface area contributed by atoms with Crippen LogP contribution in [0.1, 0.15) is 5.56 Å². The lowest BCUT2D eigenvalue weighted by molar-refractivity contribution is -0.384. The third-order valence-electron chi connectivity index (χ3n) is 2.54. The Bertz CT molecular complexity index is 617. The van der Waals surface area contributed by atoms with E-state index in [0.29, 0.717) is 0 Å². The summed E-state index contributed by atoms with van der Waals surface area (Å²) in [6.45, 7) is -0.0169. The summed E-state index contributed by atoms with van der Waals surface area (Å²) in [5.41, 5.74) is 5.59. The first-order valence-corrected chi connectivity index (χ1v) is 5.51. The molecule has 0 saturated heterocycles. The van der Waals surface area contributed by atoms with Crippen molar-refractivity contribution in [2.45, 2.75) is 6.54 Å². The van der Waals surface area contributed by atoms with Gasteiger partial charge >= 0.3 is 0 Å². The average molecular weight is 262 g/mol. The molecule has 0 radical (unpaired) electrons. The molecule has 6 heteroatoms. The molecule has 0 aromatic heterocycles. The lowest BCUT2D eigenvalue weighted by Gasteiger charge is -2.10. The van der Waals surface area contributed by atoms with E-state index in [2.05, 4.69) is 0 Å². The van der Waals surface area contributed by atoms with Gasteiger partial charge in [-0.25, -0.2) is 4.39 Å². The molecule has 0 fully saturated rings. The molecule has 0 heterocycles. The lowest BCUT2D eigenvalue weighted by atomic mass is 10.2. The molecule has 2 aromatic rings. The minimum Gasteiger partial charge on any atom is -0.457 e. The van der Waals surface area contributed by atoms with Gasteiger partial charge in [-0.1, -0.05) is 12.1 Å². The minimum atomic E-state index is -0.526. The number of nitro benzene ring substituents is 1. The molecule has 0 aliphatic carbocycles. The third-order valence-corrected chi connectivity index (χ3v) is 2.54. The molecule has 0 bridgehead atoms. The van der Waals surface area contributed by atoms with Crippen molar-refractivity contribution in [2.24, 2.45) is 5.73 Å². The van der Waals surface area contributed by atoms with Crippen molar-refractivity contribution < 1.29 is 14.1 Å². The Hall–Kier alpha value is -2.47. The molecule has 0 aliphatic heterocycles. The van der Waals surface area contributed by atoms with Gasteiger partial charge in [0.25, 0.3) is 5.69 Å². The topological polar surface area (TPSA) is 78.4 Å². The van der Waals surface area contributed by atoms with Crippen molar-refractivity contribution in [1.82, 2.24) is 0 Å². The molecule has 98 valence electrons. The Morgan fingerprint density at radius 2 is 2.00 bits per heavy atom. The first kappa shape index (κ1) is 13.0. The molecule has 19 heavy (non-hydrogen) atoms.